The summed E-state index contributed by atoms with van der Waals surface area (Å²) in [6.45, 7) is 11.3. The zero-order valence-corrected chi connectivity index (χ0v) is 24.5. The summed E-state index contributed by atoms with van der Waals surface area (Å²) in [6.07, 6.45) is 0. The lowest BCUT2D eigenvalue weighted by Gasteiger charge is -2.33. The molecule has 0 radical (unpaired) electrons. The zero-order valence-electron chi connectivity index (χ0n) is 24.5. The van der Waals surface area contributed by atoms with E-state index in [1.807, 2.05) is 39.0 Å². The first-order chi connectivity index (χ1) is 20.1. The molecule has 1 N–H and O–H groups in total. The van der Waals surface area contributed by atoms with Gasteiger partial charge in [-0.3, -0.25) is 14.5 Å². The Hall–Kier alpha value is -4.79. The minimum absolute atomic E-state index is 0.0626. The topological polar surface area (TPSA) is 101 Å². The van der Waals surface area contributed by atoms with Crippen LogP contribution in [0.5, 0.6) is 11.5 Å². The second-order valence-electron chi connectivity index (χ2n) is 11.1. The predicted octanol–water partition coefficient (Wildman–Crippen LogP) is 5.67. The van der Waals surface area contributed by atoms with Crippen molar-refractivity contribution in [1.82, 2.24) is 5.32 Å². The van der Waals surface area contributed by atoms with Crippen molar-refractivity contribution in [3.63, 3.8) is 0 Å². The highest BCUT2D eigenvalue weighted by Crippen LogP contribution is 2.38. The van der Waals surface area contributed by atoms with Gasteiger partial charge in [0, 0.05) is 41.5 Å². The molecule has 1 unspecified atom stereocenters. The van der Waals surface area contributed by atoms with Gasteiger partial charge in [0.25, 0.3) is 5.91 Å². The van der Waals surface area contributed by atoms with Crippen LogP contribution in [0.4, 0.5) is 11.4 Å². The Morgan fingerprint density at radius 2 is 1.60 bits per heavy atom. The lowest BCUT2D eigenvalue weighted by atomic mass is 9.99. The fraction of sp³-hybridized carbons (Fsp3) is 0.303. The molecule has 2 amide bonds. The molecule has 4 aromatic rings. The number of carbonyl (C=O) groups is 2. The molecule has 1 atom stereocenters. The molecular formula is C33H35N3O6. The molecule has 0 fully saturated rings. The molecule has 9 nitrogen and oxygen atoms in total. The number of para-hydroxylation sites is 1. The molecule has 1 aromatic heterocycles. The number of benzene rings is 3. The average Bonchev–Trinajstić information content (AvgIpc) is 3.43. The van der Waals surface area contributed by atoms with E-state index in [1.165, 1.54) is 11.0 Å². The lowest BCUT2D eigenvalue weighted by Crippen LogP contribution is -2.50. The molecule has 1 aliphatic rings. The number of hydrogen-bond donors (Lipinski definition) is 1. The van der Waals surface area contributed by atoms with Gasteiger partial charge in [-0.15, -0.1) is 0 Å². The summed E-state index contributed by atoms with van der Waals surface area (Å²) in [5.41, 5.74) is 0.661. The molecule has 5 rings (SSSR count). The van der Waals surface area contributed by atoms with Crippen LogP contribution < -0.4 is 30.2 Å². The van der Waals surface area contributed by atoms with Crippen LogP contribution in [0.25, 0.3) is 11.0 Å². The third kappa shape index (κ3) is 5.81. The maximum absolute atomic E-state index is 14.4. The standard InChI is InChI=1S/C33H35N3O6/c1-6-35(7-2)24-15-13-21-17-25(32(39)42-27(21)19-24)31(38)36(23-11-9-8-10-12-23)29(30(37)34-33(3,4)5)22-14-16-26-28(18-22)41-20-40-26/h8-19,29H,6-7,20H2,1-5H3,(H,34,37). The van der Waals surface area contributed by atoms with E-state index in [0.29, 0.717) is 33.7 Å². The molecule has 0 saturated heterocycles. The normalized spacial score (nSPS) is 13.1. The van der Waals surface area contributed by atoms with Crippen LogP contribution in [0.3, 0.4) is 0 Å². The Labute approximate surface area is 244 Å². The summed E-state index contributed by atoms with van der Waals surface area (Å²) in [4.78, 5) is 45.2. The number of fused-ring (bicyclic) bond motifs is 2. The van der Waals surface area contributed by atoms with E-state index >= 15 is 0 Å². The van der Waals surface area contributed by atoms with E-state index in [0.717, 1.165) is 18.8 Å². The van der Waals surface area contributed by atoms with Gasteiger partial charge in [-0.1, -0.05) is 24.3 Å². The molecular weight excluding hydrogens is 534 g/mol. The first-order valence-corrected chi connectivity index (χ1v) is 14.0. The van der Waals surface area contributed by atoms with Crippen LogP contribution in [0.1, 0.15) is 56.6 Å². The van der Waals surface area contributed by atoms with Crippen LogP contribution >= 0.6 is 0 Å². The molecule has 3 aromatic carbocycles. The summed E-state index contributed by atoms with van der Waals surface area (Å²) in [6, 6.07) is 19.9. The SMILES string of the molecule is CCN(CC)c1ccc2cc(C(=O)N(c3ccccc3)C(C(=O)NC(C)(C)C)c3ccc4c(c3)OCO4)c(=O)oc2c1. The minimum Gasteiger partial charge on any atom is -0.454 e. The first-order valence-electron chi connectivity index (χ1n) is 14.0. The summed E-state index contributed by atoms with van der Waals surface area (Å²) < 4.78 is 16.8. The highest BCUT2D eigenvalue weighted by atomic mass is 16.7. The Morgan fingerprint density at radius 3 is 2.29 bits per heavy atom. The molecule has 218 valence electrons. The quantitative estimate of drug-likeness (QED) is 0.273. The third-order valence-corrected chi connectivity index (χ3v) is 7.05. The Bertz CT molecular complexity index is 1670. The van der Waals surface area contributed by atoms with Crippen molar-refractivity contribution in [2.75, 3.05) is 29.7 Å². The highest BCUT2D eigenvalue weighted by molar-refractivity contribution is 6.11. The average molecular weight is 570 g/mol. The molecule has 9 heteroatoms. The van der Waals surface area contributed by atoms with Gasteiger partial charge in [-0.25, -0.2) is 4.79 Å². The van der Waals surface area contributed by atoms with Gasteiger partial charge in [0.1, 0.15) is 17.2 Å². The maximum Gasteiger partial charge on any atom is 0.349 e. The second kappa shape index (κ2) is 11.6. The minimum atomic E-state index is -1.14. The van der Waals surface area contributed by atoms with E-state index in [-0.39, 0.29) is 12.4 Å². The van der Waals surface area contributed by atoms with Crippen molar-refractivity contribution in [2.45, 2.75) is 46.2 Å². The number of hydrogen-bond acceptors (Lipinski definition) is 7. The molecule has 0 aliphatic carbocycles. The van der Waals surface area contributed by atoms with Crippen LogP contribution in [-0.2, 0) is 4.79 Å². The summed E-state index contributed by atoms with van der Waals surface area (Å²) in [5, 5.41) is 3.60. The fourth-order valence-electron chi connectivity index (χ4n) is 5.08. The number of rotatable bonds is 8. The van der Waals surface area contributed by atoms with Crippen molar-refractivity contribution in [1.29, 1.82) is 0 Å². The van der Waals surface area contributed by atoms with Gasteiger partial charge < -0.3 is 24.1 Å². The predicted molar refractivity (Wildman–Crippen MR) is 162 cm³/mol. The number of nitrogens with one attached hydrogen (secondary N) is 1. The van der Waals surface area contributed by atoms with Crippen LogP contribution in [0.15, 0.2) is 82.0 Å². The Balaban J connectivity index is 1.65. The van der Waals surface area contributed by atoms with E-state index in [9.17, 15) is 14.4 Å². The summed E-state index contributed by atoms with van der Waals surface area (Å²) in [5.74, 6) is -0.0784. The van der Waals surface area contributed by atoms with Crippen molar-refractivity contribution in [3.05, 3.63) is 94.3 Å². The van der Waals surface area contributed by atoms with Crippen molar-refractivity contribution >= 4 is 34.2 Å². The number of amides is 2. The number of anilines is 2. The van der Waals surface area contributed by atoms with E-state index in [2.05, 4.69) is 24.1 Å². The van der Waals surface area contributed by atoms with Crippen molar-refractivity contribution in [2.24, 2.45) is 0 Å². The number of nitrogens with zero attached hydrogens (tertiary/aromatic N) is 2. The van der Waals surface area contributed by atoms with E-state index in [4.69, 9.17) is 13.9 Å². The van der Waals surface area contributed by atoms with Gasteiger partial charge in [-0.05, 0) is 82.6 Å². The lowest BCUT2D eigenvalue weighted by molar-refractivity contribution is -0.123. The number of ether oxygens (including phenoxy) is 2. The maximum atomic E-state index is 14.4. The Morgan fingerprint density at radius 1 is 0.881 bits per heavy atom. The largest absolute Gasteiger partial charge is 0.454 e. The van der Waals surface area contributed by atoms with E-state index < -0.39 is 29.0 Å². The van der Waals surface area contributed by atoms with Gasteiger partial charge >= 0.3 is 5.63 Å². The third-order valence-electron chi connectivity index (χ3n) is 7.05. The molecule has 42 heavy (non-hydrogen) atoms. The summed E-state index contributed by atoms with van der Waals surface area (Å²) in [7, 11) is 0. The van der Waals surface area contributed by atoms with Crippen molar-refractivity contribution < 1.29 is 23.5 Å². The highest BCUT2D eigenvalue weighted by Gasteiger charge is 2.37. The smallest absolute Gasteiger partial charge is 0.349 e. The second-order valence-corrected chi connectivity index (χ2v) is 11.1. The molecule has 2 heterocycles. The summed E-state index contributed by atoms with van der Waals surface area (Å²) >= 11 is 0. The van der Waals surface area contributed by atoms with Gasteiger partial charge in [0.05, 0.1) is 0 Å². The molecule has 0 spiro atoms. The van der Waals surface area contributed by atoms with Crippen molar-refractivity contribution in [3.8, 4) is 11.5 Å². The fourth-order valence-corrected chi connectivity index (χ4v) is 5.08. The van der Waals surface area contributed by atoms with Crippen LogP contribution in [0, 0.1) is 0 Å². The van der Waals surface area contributed by atoms with Crippen LogP contribution in [-0.4, -0.2) is 37.2 Å². The van der Waals surface area contributed by atoms with Crippen LogP contribution in [0.2, 0.25) is 0 Å². The van der Waals surface area contributed by atoms with Gasteiger partial charge in [0.2, 0.25) is 12.7 Å². The molecule has 0 saturated carbocycles. The molecule has 0 bridgehead atoms. The first kappa shape index (κ1) is 28.7. The molecule has 1 aliphatic heterocycles. The monoisotopic (exact) mass is 569 g/mol. The Kier molecular flexibility index (Phi) is 7.93. The van der Waals surface area contributed by atoms with E-state index in [1.54, 1.807) is 48.5 Å². The van der Waals surface area contributed by atoms with Gasteiger partial charge in [0.15, 0.2) is 11.5 Å². The number of carbonyl (C=O) groups excluding carboxylic acids is 2. The zero-order chi connectivity index (χ0) is 30.0. The van der Waals surface area contributed by atoms with Gasteiger partial charge in [-0.2, -0.15) is 0 Å².